The Hall–Kier alpha value is -1.90. The van der Waals surface area contributed by atoms with Gasteiger partial charge in [-0.1, -0.05) is 32.0 Å². The maximum Gasteiger partial charge on any atom is 0.243 e. The van der Waals surface area contributed by atoms with Crippen LogP contribution in [0.4, 0.5) is 11.4 Å². The summed E-state index contributed by atoms with van der Waals surface area (Å²) in [5, 5.41) is 5.75. The van der Waals surface area contributed by atoms with E-state index in [9.17, 15) is 13.2 Å². The van der Waals surface area contributed by atoms with Crippen molar-refractivity contribution < 1.29 is 13.2 Å². The number of carbonyl (C=O) groups excluding carboxylic acids is 1. The average Bonchev–Trinajstić information content (AvgIpc) is 2.62. The zero-order chi connectivity index (χ0) is 19.2. The van der Waals surface area contributed by atoms with E-state index < -0.39 is 10.0 Å². The lowest BCUT2D eigenvalue weighted by Gasteiger charge is -2.19. The summed E-state index contributed by atoms with van der Waals surface area (Å²) >= 11 is 3.41. The van der Waals surface area contributed by atoms with E-state index in [-0.39, 0.29) is 17.3 Å². The molecule has 2 aromatic carbocycles. The van der Waals surface area contributed by atoms with Crippen molar-refractivity contribution in [1.82, 2.24) is 4.31 Å². The van der Waals surface area contributed by atoms with Gasteiger partial charge in [0.1, 0.15) is 0 Å². The van der Waals surface area contributed by atoms with E-state index in [4.69, 9.17) is 0 Å². The number of amides is 1. The number of hydrogen-bond donors (Lipinski definition) is 2. The number of carbonyl (C=O) groups is 1. The van der Waals surface area contributed by atoms with Crippen molar-refractivity contribution in [2.45, 2.75) is 18.7 Å². The maximum atomic E-state index is 12.6. The van der Waals surface area contributed by atoms with E-state index in [1.807, 2.05) is 24.3 Å². The highest BCUT2D eigenvalue weighted by atomic mass is 79.9. The summed E-state index contributed by atoms with van der Waals surface area (Å²) < 4.78 is 27.4. The Labute approximate surface area is 162 Å². The van der Waals surface area contributed by atoms with Crippen molar-refractivity contribution in [3.05, 3.63) is 53.0 Å². The van der Waals surface area contributed by atoms with Gasteiger partial charge >= 0.3 is 0 Å². The summed E-state index contributed by atoms with van der Waals surface area (Å²) in [6.45, 7) is 4.44. The van der Waals surface area contributed by atoms with Gasteiger partial charge in [0.05, 0.1) is 11.4 Å². The number of sulfonamides is 1. The third-order valence-electron chi connectivity index (χ3n) is 3.77. The van der Waals surface area contributed by atoms with Gasteiger partial charge in [-0.25, -0.2) is 8.42 Å². The summed E-state index contributed by atoms with van der Waals surface area (Å²) in [5.74, 6) is -0.266. The number of hydrogen-bond acceptors (Lipinski definition) is 4. The van der Waals surface area contributed by atoms with Crippen molar-refractivity contribution in [1.29, 1.82) is 0 Å². The topological polar surface area (TPSA) is 78.5 Å². The minimum absolute atomic E-state index is 0.0651. The summed E-state index contributed by atoms with van der Waals surface area (Å²) in [7, 11) is -3.56. The number of nitrogens with one attached hydrogen (secondary N) is 2. The molecule has 1 amide bonds. The Balaban J connectivity index is 2.06. The molecule has 0 bridgehead atoms. The van der Waals surface area contributed by atoms with Crippen molar-refractivity contribution in [3.8, 4) is 0 Å². The quantitative estimate of drug-likeness (QED) is 0.659. The molecule has 0 fully saturated rings. The highest BCUT2D eigenvalue weighted by molar-refractivity contribution is 9.10. The number of anilines is 2. The molecule has 0 aromatic heterocycles. The number of para-hydroxylation sites is 1. The normalized spacial score (nSPS) is 11.4. The molecule has 0 heterocycles. The van der Waals surface area contributed by atoms with Crippen molar-refractivity contribution >= 4 is 43.2 Å². The van der Waals surface area contributed by atoms with Crippen LogP contribution in [0.2, 0.25) is 0 Å². The molecule has 0 aliphatic rings. The highest BCUT2D eigenvalue weighted by Crippen LogP contribution is 2.21. The fraction of sp³-hybridized carbons (Fsp3) is 0.278. The van der Waals surface area contributed by atoms with Crippen molar-refractivity contribution in [2.24, 2.45) is 0 Å². The van der Waals surface area contributed by atoms with Crippen LogP contribution in [0.25, 0.3) is 0 Å². The SMILES string of the molecule is CCN(CC)S(=O)(=O)c1cccc(NC(=O)CNc2ccccc2Br)c1. The Bertz CT molecular complexity index is 867. The van der Waals surface area contributed by atoms with E-state index in [1.165, 1.54) is 16.4 Å². The van der Waals surface area contributed by atoms with Crippen LogP contribution in [-0.4, -0.2) is 38.3 Å². The first-order chi connectivity index (χ1) is 12.4. The second-order valence-electron chi connectivity index (χ2n) is 5.50. The Kier molecular flexibility index (Phi) is 7.19. The van der Waals surface area contributed by atoms with Gasteiger partial charge in [0, 0.05) is 28.9 Å². The van der Waals surface area contributed by atoms with Crippen LogP contribution in [0.3, 0.4) is 0 Å². The van der Waals surface area contributed by atoms with Crippen LogP contribution >= 0.6 is 15.9 Å². The maximum absolute atomic E-state index is 12.6. The second kappa shape index (κ2) is 9.16. The van der Waals surface area contributed by atoms with Gasteiger partial charge in [-0.15, -0.1) is 0 Å². The average molecular weight is 440 g/mol. The molecular formula is C18H22BrN3O3S. The molecule has 0 saturated heterocycles. The number of halogens is 1. The molecule has 2 rings (SSSR count). The third kappa shape index (κ3) is 5.06. The van der Waals surface area contributed by atoms with Gasteiger partial charge in [0.2, 0.25) is 15.9 Å². The predicted octanol–water partition coefficient (Wildman–Crippen LogP) is 3.53. The minimum Gasteiger partial charge on any atom is -0.375 e. The van der Waals surface area contributed by atoms with Gasteiger partial charge in [-0.2, -0.15) is 4.31 Å². The highest BCUT2D eigenvalue weighted by Gasteiger charge is 2.21. The number of nitrogens with zero attached hydrogens (tertiary/aromatic N) is 1. The smallest absolute Gasteiger partial charge is 0.243 e. The van der Waals surface area contributed by atoms with Gasteiger partial charge in [0.15, 0.2) is 0 Å². The predicted molar refractivity (Wildman–Crippen MR) is 108 cm³/mol. The summed E-state index contributed by atoms with van der Waals surface area (Å²) in [6, 6.07) is 13.8. The second-order valence-corrected chi connectivity index (χ2v) is 8.29. The molecule has 2 aromatic rings. The van der Waals surface area contributed by atoms with E-state index in [1.54, 1.807) is 26.0 Å². The number of rotatable bonds is 8. The molecule has 0 aliphatic carbocycles. The first-order valence-electron chi connectivity index (χ1n) is 8.27. The molecule has 8 heteroatoms. The monoisotopic (exact) mass is 439 g/mol. The Morgan fingerprint density at radius 2 is 1.77 bits per heavy atom. The van der Waals surface area contributed by atoms with Crippen LogP contribution in [0.15, 0.2) is 57.9 Å². The van der Waals surface area contributed by atoms with E-state index in [0.717, 1.165) is 10.2 Å². The van der Waals surface area contributed by atoms with E-state index >= 15 is 0 Å². The molecule has 6 nitrogen and oxygen atoms in total. The molecule has 0 atom stereocenters. The van der Waals surface area contributed by atoms with Gasteiger partial charge in [-0.05, 0) is 46.3 Å². The minimum atomic E-state index is -3.56. The standard InChI is InChI=1S/C18H22BrN3O3S/c1-3-22(4-2)26(24,25)15-9-7-8-14(12-15)21-18(23)13-20-17-11-6-5-10-16(17)19/h5-12,20H,3-4,13H2,1-2H3,(H,21,23). The lowest BCUT2D eigenvalue weighted by molar-refractivity contribution is -0.114. The molecule has 140 valence electrons. The first-order valence-corrected chi connectivity index (χ1v) is 10.5. The third-order valence-corrected chi connectivity index (χ3v) is 6.51. The molecule has 0 saturated carbocycles. The van der Waals surface area contributed by atoms with Crippen LogP contribution in [-0.2, 0) is 14.8 Å². The number of benzene rings is 2. The summed E-state index contributed by atoms with van der Waals surface area (Å²) in [6.07, 6.45) is 0. The van der Waals surface area contributed by atoms with Crippen molar-refractivity contribution in [2.75, 3.05) is 30.3 Å². The summed E-state index contributed by atoms with van der Waals surface area (Å²) in [4.78, 5) is 12.3. The lowest BCUT2D eigenvalue weighted by atomic mass is 10.3. The molecule has 0 spiro atoms. The molecule has 26 heavy (non-hydrogen) atoms. The van der Waals surface area contributed by atoms with Gasteiger partial charge in [-0.3, -0.25) is 4.79 Å². The molecule has 0 unspecified atom stereocenters. The Morgan fingerprint density at radius 3 is 2.42 bits per heavy atom. The zero-order valence-corrected chi connectivity index (χ0v) is 17.1. The fourth-order valence-electron chi connectivity index (χ4n) is 2.43. The van der Waals surface area contributed by atoms with E-state index in [0.29, 0.717) is 18.8 Å². The van der Waals surface area contributed by atoms with Crippen LogP contribution < -0.4 is 10.6 Å². The van der Waals surface area contributed by atoms with E-state index in [2.05, 4.69) is 26.6 Å². The summed E-state index contributed by atoms with van der Waals surface area (Å²) in [5.41, 5.74) is 1.25. The largest absolute Gasteiger partial charge is 0.375 e. The molecule has 0 aliphatic heterocycles. The van der Waals surface area contributed by atoms with Gasteiger partial charge < -0.3 is 10.6 Å². The van der Waals surface area contributed by atoms with Gasteiger partial charge in [0.25, 0.3) is 0 Å². The van der Waals surface area contributed by atoms with Crippen molar-refractivity contribution in [3.63, 3.8) is 0 Å². The fourth-order valence-corrected chi connectivity index (χ4v) is 4.36. The van der Waals surface area contributed by atoms with Crippen LogP contribution in [0, 0.1) is 0 Å². The molecule has 0 radical (unpaired) electrons. The first kappa shape index (κ1) is 20.4. The molecule has 2 N–H and O–H groups in total. The van der Waals surface area contributed by atoms with Crippen LogP contribution in [0.5, 0.6) is 0 Å². The Morgan fingerprint density at radius 1 is 1.08 bits per heavy atom. The molecular weight excluding hydrogens is 418 g/mol. The lowest BCUT2D eigenvalue weighted by Crippen LogP contribution is -2.30. The van der Waals surface area contributed by atoms with Crippen LogP contribution in [0.1, 0.15) is 13.8 Å². The zero-order valence-electron chi connectivity index (χ0n) is 14.7.